The number of para-hydroxylation sites is 1. The van der Waals surface area contributed by atoms with Crippen LogP contribution in [0.2, 0.25) is 0 Å². The molecule has 1 rings (SSSR count). The summed E-state index contributed by atoms with van der Waals surface area (Å²) in [7, 11) is 0. The zero-order valence-electron chi connectivity index (χ0n) is 20.7. The molecular weight excluding hydrogens is 400 g/mol. The minimum atomic E-state index is -0.108. The van der Waals surface area contributed by atoms with Crippen LogP contribution in [0, 0.1) is 0 Å². The molecule has 0 aromatic heterocycles. The summed E-state index contributed by atoms with van der Waals surface area (Å²) < 4.78 is 16.2. The summed E-state index contributed by atoms with van der Waals surface area (Å²) in [5.74, 6) is 0.731. The Kier molecular flexibility index (Phi) is 20.1. The van der Waals surface area contributed by atoms with Gasteiger partial charge in [-0.1, -0.05) is 115 Å². The third-order valence-corrected chi connectivity index (χ3v) is 5.71. The summed E-state index contributed by atoms with van der Waals surface area (Å²) in [5.41, 5.74) is 0. The van der Waals surface area contributed by atoms with Gasteiger partial charge in [0, 0.05) is 6.42 Å². The molecule has 0 unspecified atom stereocenters. The lowest BCUT2D eigenvalue weighted by Gasteiger charge is -2.08. The number of carbonyl (C=O) groups excluding carboxylic acids is 1. The molecule has 0 atom stereocenters. The van der Waals surface area contributed by atoms with Crippen LogP contribution in [0.15, 0.2) is 30.3 Å². The summed E-state index contributed by atoms with van der Waals surface area (Å²) in [5, 5.41) is 0. The monoisotopic (exact) mass is 448 g/mol. The van der Waals surface area contributed by atoms with E-state index in [0.29, 0.717) is 32.8 Å². The lowest BCUT2D eigenvalue weighted by atomic mass is 10.0. The fourth-order valence-electron chi connectivity index (χ4n) is 3.76. The Bertz CT molecular complexity index is 517. The van der Waals surface area contributed by atoms with Gasteiger partial charge >= 0.3 is 5.97 Å². The molecule has 0 aliphatic carbocycles. The van der Waals surface area contributed by atoms with E-state index in [4.69, 9.17) is 14.2 Å². The number of ether oxygens (including phenoxy) is 3. The van der Waals surface area contributed by atoms with Crippen molar-refractivity contribution in [2.75, 3.05) is 26.4 Å². The average Bonchev–Trinajstić information content (AvgIpc) is 2.81. The van der Waals surface area contributed by atoms with Crippen molar-refractivity contribution in [2.24, 2.45) is 0 Å². The van der Waals surface area contributed by atoms with Gasteiger partial charge in [0.1, 0.15) is 19.0 Å². The van der Waals surface area contributed by atoms with Gasteiger partial charge in [0.2, 0.25) is 0 Å². The summed E-state index contributed by atoms with van der Waals surface area (Å²) in [6.07, 6.45) is 20.5. The molecule has 0 aliphatic rings. The third kappa shape index (κ3) is 19.2. The van der Waals surface area contributed by atoms with Gasteiger partial charge in [0.15, 0.2) is 0 Å². The van der Waals surface area contributed by atoms with Crippen molar-refractivity contribution in [3.05, 3.63) is 30.3 Å². The summed E-state index contributed by atoms with van der Waals surface area (Å²) in [6, 6.07) is 9.67. The molecule has 0 saturated carbocycles. The van der Waals surface area contributed by atoms with Crippen molar-refractivity contribution in [1.29, 1.82) is 0 Å². The molecule has 0 N–H and O–H groups in total. The first-order valence-corrected chi connectivity index (χ1v) is 13.2. The van der Waals surface area contributed by atoms with Crippen molar-refractivity contribution in [3.8, 4) is 5.75 Å². The van der Waals surface area contributed by atoms with Gasteiger partial charge in [-0.15, -0.1) is 0 Å². The van der Waals surface area contributed by atoms with Crippen LogP contribution in [0.1, 0.15) is 110 Å². The van der Waals surface area contributed by atoms with E-state index < -0.39 is 0 Å². The molecule has 0 saturated heterocycles. The number of hydrogen-bond acceptors (Lipinski definition) is 4. The quantitative estimate of drug-likeness (QED) is 0.126. The lowest BCUT2D eigenvalue weighted by Crippen LogP contribution is -2.13. The SMILES string of the molecule is CCCCCCCCCCCCCCCCCC(=O)OCCOCCOc1ccccc1. The highest BCUT2D eigenvalue weighted by atomic mass is 16.6. The van der Waals surface area contributed by atoms with Crippen molar-refractivity contribution in [3.63, 3.8) is 0 Å². The largest absolute Gasteiger partial charge is 0.491 e. The highest BCUT2D eigenvalue weighted by Gasteiger charge is 2.02. The first-order chi connectivity index (χ1) is 15.8. The van der Waals surface area contributed by atoms with Crippen molar-refractivity contribution in [1.82, 2.24) is 0 Å². The van der Waals surface area contributed by atoms with Gasteiger partial charge in [-0.2, -0.15) is 0 Å². The topological polar surface area (TPSA) is 44.8 Å². The number of carbonyl (C=O) groups is 1. The van der Waals surface area contributed by atoms with Gasteiger partial charge in [0.25, 0.3) is 0 Å². The molecule has 0 radical (unpaired) electrons. The number of hydrogen-bond donors (Lipinski definition) is 0. The standard InChI is InChI=1S/C28H48O4/c1-2-3-4-5-6-7-8-9-10-11-12-13-14-15-19-22-28(29)32-26-24-30-23-25-31-27-20-17-16-18-21-27/h16-18,20-21H,2-15,19,22-26H2,1H3. The van der Waals surface area contributed by atoms with E-state index in [1.807, 2.05) is 30.3 Å². The molecule has 1 aromatic rings. The number of esters is 1. The van der Waals surface area contributed by atoms with Crippen LogP contribution in [0.5, 0.6) is 5.75 Å². The van der Waals surface area contributed by atoms with Crippen LogP contribution in [-0.2, 0) is 14.3 Å². The normalized spacial score (nSPS) is 10.9. The first-order valence-electron chi connectivity index (χ1n) is 13.2. The van der Waals surface area contributed by atoms with Gasteiger partial charge < -0.3 is 14.2 Å². The van der Waals surface area contributed by atoms with Gasteiger partial charge in [-0.05, 0) is 18.6 Å². The zero-order valence-corrected chi connectivity index (χ0v) is 20.7. The predicted octanol–water partition coefficient (Wildman–Crippen LogP) is 7.89. The maximum absolute atomic E-state index is 11.7. The second-order valence-corrected chi connectivity index (χ2v) is 8.69. The maximum Gasteiger partial charge on any atom is 0.305 e. The Hall–Kier alpha value is -1.55. The van der Waals surface area contributed by atoms with Gasteiger partial charge in [-0.3, -0.25) is 4.79 Å². The van der Waals surface area contributed by atoms with Gasteiger partial charge in [0.05, 0.1) is 13.2 Å². The number of rotatable bonds is 23. The van der Waals surface area contributed by atoms with Crippen LogP contribution in [0.25, 0.3) is 0 Å². The summed E-state index contributed by atoms with van der Waals surface area (Å²) in [6.45, 7) is 4.01. The summed E-state index contributed by atoms with van der Waals surface area (Å²) in [4.78, 5) is 11.7. The van der Waals surface area contributed by atoms with Crippen molar-refractivity contribution < 1.29 is 19.0 Å². The Balaban J connectivity index is 1.73. The fourth-order valence-corrected chi connectivity index (χ4v) is 3.76. The molecule has 0 bridgehead atoms. The van der Waals surface area contributed by atoms with E-state index >= 15 is 0 Å². The molecule has 184 valence electrons. The third-order valence-electron chi connectivity index (χ3n) is 5.71. The Morgan fingerprint density at radius 2 is 1.12 bits per heavy atom. The maximum atomic E-state index is 11.7. The molecule has 4 nitrogen and oxygen atoms in total. The summed E-state index contributed by atoms with van der Waals surface area (Å²) >= 11 is 0. The molecule has 4 heteroatoms. The van der Waals surface area contributed by atoms with E-state index in [0.717, 1.165) is 18.6 Å². The van der Waals surface area contributed by atoms with E-state index in [2.05, 4.69) is 6.92 Å². The second-order valence-electron chi connectivity index (χ2n) is 8.69. The Labute approximate surface area is 197 Å². The van der Waals surface area contributed by atoms with Crippen LogP contribution in [0.4, 0.5) is 0 Å². The van der Waals surface area contributed by atoms with E-state index in [1.54, 1.807) is 0 Å². The predicted molar refractivity (Wildman–Crippen MR) is 133 cm³/mol. The highest BCUT2D eigenvalue weighted by Crippen LogP contribution is 2.14. The molecule has 1 aromatic carbocycles. The van der Waals surface area contributed by atoms with Crippen LogP contribution < -0.4 is 4.74 Å². The Morgan fingerprint density at radius 1 is 0.625 bits per heavy atom. The van der Waals surface area contributed by atoms with E-state index in [1.165, 1.54) is 83.5 Å². The van der Waals surface area contributed by atoms with Crippen molar-refractivity contribution in [2.45, 2.75) is 110 Å². The Morgan fingerprint density at radius 3 is 1.69 bits per heavy atom. The fraction of sp³-hybridized carbons (Fsp3) is 0.750. The van der Waals surface area contributed by atoms with Crippen LogP contribution >= 0.6 is 0 Å². The number of unbranched alkanes of at least 4 members (excludes halogenated alkanes) is 14. The first kappa shape index (κ1) is 28.5. The van der Waals surface area contributed by atoms with E-state index in [9.17, 15) is 4.79 Å². The minimum Gasteiger partial charge on any atom is -0.491 e. The van der Waals surface area contributed by atoms with E-state index in [-0.39, 0.29) is 5.97 Å². The smallest absolute Gasteiger partial charge is 0.305 e. The molecule has 0 amide bonds. The van der Waals surface area contributed by atoms with Crippen molar-refractivity contribution >= 4 is 5.97 Å². The van der Waals surface area contributed by atoms with Crippen LogP contribution in [0.3, 0.4) is 0 Å². The molecule has 0 fully saturated rings. The van der Waals surface area contributed by atoms with Gasteiger partial charge in [-0.25, -0.2) is 0 Å². The molecular formula is C28H48O4. The second kappa shape index (κ2) is 22.6. The highest BCUT2D eigenvalue weighted by molar-refractivity contribution is 5.69. The molecule has 0 spiro atoms. The zero-order chi connectivity index (χ0) is 23.0. The lowest BCUT2D eigenvalue weighted by molar-refractivity contribution is -0.145. The average molecular weight is 449 g/mol. The molecule has 0 heterocycles. The molecule has 32 heavy (non-hydrogen) atoms. The number of benzene rings is 1. The molecule has 0 aliphatic heterocycles. The minimum absolute atomic E-state index is 0.108. The van der Waals surface area contributed by atoms with Crippen LogP contribution in [-0.4, -0.2) is 32.4 Å².